The predicted octanol–water partition coefficient (Wildman–Crippen LogP) is 1.20. The van der Waals surface area contributed by atoms with Crippen LogP contribution < -0.4 is 4.74 Å². The Morgan fingerprint density at radius 2 is 1.45 bits per heavy atom. The van der Waals surface area contributed by atoms with Crippen LogP contribution in [0, 0.1) is 0 Å². The quantitative estimate of drug-likeness (QED) is 0.313. The SMILES string of the molecule is COc1ccc(/C=N/[C@H]2C(OC(C)=O)O[C@H](COC(C)=O)[C@H](OC(C)=O)[C@@H]2OC(C)=O)cc1. The molecule has 1 aliphatic heterocycles. The van der Waals surface area contributed by atoms with Crippen LogP contribution in [0.15, 0.2) is 29.3 Å². The minimum Gasteiger partial charge on any atom is -0.497 e. The number of hydrogen-bond donors (Lipinski definition) is 0. The summed E-state index contributed by atoms with van der Waals surface area (Å²) in [5.41, 5.74) is 0.671. The first-order chi connectivity index (χ1) is 15.6. The summed E-state index contributed by atoms with van der Waals surface area (Å²) < 4.78 is 32.0. The predicted molar refractivity (Wildman–Crippen MR) is 113 cm³/mol. The van der Waals surface area contributed by atoms with Crippen LogP contribution in [0.2, 0.25) is 0 Å². The van der Waals surface area contributed by atoms with Crippen LogP contribution >= 0.6 is 0 Å². The molecule has 1 aromatic rings. The molecule has 1 fully saturated rings. The Labute approximate surface area is 190 Å². The number of ether oxygens (including phenoxy) is 6. The Morgan fingerprint density at radius 3 is 1.97 bits per heavy atom. The van der Waals surface area contributed by atoms with Crippen molar-refractivity contribution in [3.8, 4) is 5.75 Å². The third kappa shape index (κ3) is 7.86. The molecule has 0 bridgehead atoms. The van der Waals surface area contributed by atoms with Crippen molar-refractivity contribution in [2.45, 2.75) is 58.3 Å². The van der Waals surface area contributed by atoms with Gasteiger partial charge in [-0.15, -0.1) is 0 Å². The smallest absolute Gasteiger partial charge is 0.305 e. The van der Waals surface area contributed by atoms with Gasteiger partial charge in [0.25, 0.3) is 0 Å². The standard InChI is InChI=1S/C22H27NO10/c1-12(24)29-11-18-20(30-13(2)25)21(31-14(3)26)19(22(33-18)32-15(4)27)23-10-16-6-8-17(28-5)9-7-16/h6-10,18-22H,11H2,1-5H3/b23-10+/t18-,19-,20+,21-,22?/m1/s1. The highest BCUT2D eigenvalue weighted by Gasteiger charge is 2.51. The van der Waals surface area contributed by atoms with Gasteiger partial charge in [-0.05, 0) is 29.8 Å². The molecular formula is C22H27NO10. The molecule has 1 saturated heterocycles. The van der Waals surface area contributed by atoms with Crippen LogP contribution in [0.4, 0.5) is 0 Å². The zero-order valence-corrected chi connectivity index (χ0v) is 19.0. The number of nitrogens with zero attached hydrogens (tertiary/aromatic N) is 1. The monoisotopic (exact) mass is 465 g/mol. The fraction of sp³-hybridized carbons (Fsp3) is 0.500. The molecule has 33 heavy (non-hydrogen) atoms. The summed E-state index contributed by atoms with van der Waals surface area (Å²) in [6.45, 7) is 4.37. The van der Waals surface area contributed by atoms with E-state index in [2.05, 4.69) is 4.99 Å². The Hall–Kier alpha value is -3.47. The van der Waals surface area contributed by atoms with Crippen LogP contribution in [-0.2, 0) is 42.9 Å². The average molecular weight is 465 g/mol. The molecule has 0 spiro atoms. The summed E-state index contributed by atoms with van der Waals surface area (Å²) in [5.74, 6) is -2.00. The zero-order valence-electron chi connectivity index (χ0n) is 19.0. The van der Waals surface area contributed by atoms with E-state index >= 15 is 0 Å². The lowest BCUT2D eigenvalue weighted by molar-refractivity contribution is -0.266. The second kappa shape index (κ2) is 12.0. The average Bonchev–Trinajstić information content (AvgIpc) is 2.73. The van der Waals surface area contributed by atoms with Crippen LogP contribution in [0.3, 0.4) is 0 Å². The van der Waals surface area contributed by atoms with Crippen molar-refractivity contribution < 1.29 is 47.6 Å². The summed E-state index contributed by atoms with van der Waals surface area (Å²) in [5, 5.41) is 0. The highest BCUT2D eigenvalue weighted by molar-refractivity contribution is 5.80. The van der Waals surface area contributed by atoms with Crippen LogP contribution in [0.1, 0.15) is 33.3 Å². The van der Waals surface area contributed by atoms with Gasteiger partial charge in [-0.25, -0.2) is 0 Å². The Kier molecular flexibility index (Phi) is 9.34. The number of carbonyl (C=O) groups is 4. The lowest BCUT2D eigenvalue weighted by Crippen LogP contribution is -2.61. The third-order valence-electron chi connectivity index (χ3n) is 4.46. The molecule has 5 atom stereocenters. The molecule has 1 heterocycles. The lowest BCUT2D eigenvalue weighted by Gasteiger charge is -2.42. The first-order valence-electron chi connectivity index (χ1n) is 10.1. The Bertz CT molecular complexity index is 882. The lowest BCUT2D eigenvalue weighted by atomic mass is 9.96. The number of aliphatic imine (C=N–C) groups is 1. The van der Waals surface area contributed by atoms with Crippen LogP contribution in [0.25, 0.3) is 0 Å². The molecule has 0 aromatic heterocycles. The number of esters is 4. The molecule has 1 aliphatic rings. The molecule has 11 nitrogen and oxygen atoms in total. The number of methoxy groups -OCH3 is 1. The van der Waals surface area contributed by atoms with Gasteiger partial charge in [-0.3, -0.25) is 24.2 Å². The summed E-state index contributed by atoms with van der Waals surface area (Å²) >= 11 is 0. The molecule has 2 rings (SSSR count). The van der Waals surface area contributed by atoms with Crippen LogP contribution in [0.5, 0.6) is 5.75 Å². The van der Waals surface area contributed by atoms with Crippen molar-refractivity contribution >= 4 is 30.1 Å². The zero-order chi connectivity index (χ0) is 24.5. The van der Waals surface area contributed by atoms with Crippen molar-refractivity contribution in [3.05, 3.63) is 29.8 Å². The van der Waals surface area contributed by atoms with Gasteiger partial charge in [0, 0.05) is 33.9 Å². The highest BCUT2D eigenvalue weighted by Crippen LogP contribution is 2.30. The molecule has 180 valence electrons. The fourth-order valence-corrected chi connectivity index (χ4v) is 3.17. The second-order valence-electron chi connectivity index (χ2n) is 7.14. The normalized spacial score (nSPS) is 24.6. The Morgan fingerprint density at radius 1 is 0.879 bits per heavy atom. The third-order valence-corrected chi connectivity index (χ3v) is 4.46. The van der Waals surface area contributed by atoms with Gasteiger partial charge < -0.3 is 28.4 Å². The summed E-state index contributed by atoms with van der Waals surface area (Å²) in [7, 11) is 1.54. The molecule has 0 aliphatic carbocycles. The molecule has 0 saturated carbocycles. The van der Waals surface area contributed by atoms with Crippen molar-refractivity contribution in [2.75, 3.05) is 13.7 Å². The van der Waals surface area contributed by atoms with Gasteiger partial charge >= 0.3 is 23.9 Å². The minimum atomic E-state index is -1.31. The number of rotatable bonds is 8. The highest BCUT2D eigenvalue weighted by atomic mass is 16.7. The molecule has 11 heteroatoms. The maximum atomic E-state index is 11.9. The van der Waals surface area contributed by atoms with E-state index < -0.39 is 54.5 Å². The van der Waals surface area contributed by atoms with E-state index in [9.17, 15) is 19.2 Å². The molecule has 0 amide bonds. The van der Waals surface area contributed by atoms with Crippen molar-refractivity contribution in [3.63, 3.8) is 0 Å². The maximum Gasteiger partial charge on any atom is 0.305 e. The minimum absolute atomic E-state index is 0.336. The molecule has 1 unspecified atom stereocenters. The van der Waals surface area contributed by atoms with Crippen LogP contribution in [-0.4, -0.2) is 74.5 Å². The van der Waals surface area contributed by atoms with Gasteiger partial charge in [0.2, 0.25) is 6.29 Å². The van der Waals surface area contributed by atoms with E-state index in [4.69, 9.17) is 28.4 Å². The number of carbonyl (C=O) groups excluding carboxylic acids is 4. The van der Waals surface area contributed by atoms with Crippen molar-refractivity contribution in [1.82, 2.24) is 0 Å². The Balaban J connectivity index is 2.45. The van der Waals surface area contributed by atoms with E-state index in [-0.39, 0.29) is 6.61 Å². The first-order valence-corrected chi connectivity index (χ1v) is 10.1. The largest absolute Gasteiger partial charge is 0.497 e. The first kappa shape index (κ1) is 25.8. The molecule has 1 aromatic carbocycles. The maximum absolute atomic E-state index is 11.9. The second-order valence-corrected chi connectivity index (χ2v) is 7.14. The van der Waals surface area contributed by atoms with Crippen molar-refractivity contribution in [2.24, 2.45) is 4.99 Å². The van der Waals surface area contributed by atoms with Gasteiger partial charge in [-0.2, -0.15) is 0 Å². The number of hydrogen-bond acceptors (Lipinski definition) is 11. The summed E-state index contributed by atoms with van der Waals surface area (Å²) in [4.78, 5) is 51.1. The van der Waals surface area contributed by atoms with E-state index in [1.54, 1.807) is 24.3 Å². The van der Waals surface area contributed by atoms with Gasteiger partial charge in [-0.1, -0.05) is 0 Å². The number of benzene rings is 1. The molecular weight excluding hydrogens is 438 g/mol. The summed E-state index contributed by atoms with van der Waals surface area (Å²) in [6.07, 6.45) is -3.31. The van der Waals surface area contributed by atoms with Gasteiger partial charge in [0.15, 0.2) is 18.2 Å². The van der Waals surface area contributed by atoms with E-state index in [1.165, 1.54) is 41.0 Å². The van der Waals surface area contributed by atoms with Crippen molar-refractivity contribution in [1.29, 1.82) is 0 Å². The molecule has 0 radical (unpaired) electrons. The topological polar surface area (TPSA) is 136 Å². The van der Waals surface area contributed by atoms with Gasteiger partial charge in [0.1, 0.15) is 18.5 Å². The summed E-state index contributed by atoms with van der Waals surface area (Å²) in [6, 6.07) is 5.84. The fourth-order valence-electron chi connectivity index (χ4n) is 3.17. The molecule has 0 N–H and O–H groups in total. The van der Waals surface area contributed by atoms with E-state index in [1.807, 2.05) is 0 Å². The van der Waals surface area contributed by atoms with E-state index in [0.29, 0.717) is 11.3 Å². The van der Waals surface area contributed by atoms with E-state index in [0.717, 1.165) is 0 Å². The van der Waals surface area contributed by atoms with Gasteiger partial charge in [0.05, 0.1) is 7.11 Å².